The van der Waals surface area contributed by atoms with Crippen LogP contribution in [0.15, 0.2) is 0 Å². The Morgan fingerprint density at radius 3 is 1.10 bits per heavy atom. The highest BCUT2D eigenvalue weighted by Crippen LogP contribution is 2.37. The summed E-state index contributed by atoms with van der Waals surface area (Å²) < 4.78 is 0. The van der Waals surface area contributed by atoms with Gasteiger partial charge in [-0.25, -0.2) is 0 Å². The quantitative estimate of drug-likeness (QED) is 0.781. The Labute approximate surface area is 124 Å². The molecule has 2 saturated heterocycles. The van der Waals surface area contributed by atoms with Crippen LogP contribution < -0.4 is 0 Å². The molecule has 0 bridgehead atoms. The zero-order chi connectivity index (χ0) is 13.4. The van der Waals surface area contributed by atoms with Gasteiger partial charge in [-0.3, -0.25) is 0 Å². The molecule has 20 heavy (non-hydrogen) atoms. The van der Waals surface area contributed by atoms with Crippen LogP contribution in [0.1, 0.15) is 51.4 Å². The average Bonchev–Trinajstić information content (AvgIpc) is 3.07. The summed E-state index contributed by atoms with van der Waals surface area (Å²) in [7, 11) is 0. The third kappa shape index (κ3) is 2.78. The lowest BCUT2D eigenvalue weighted by Gasteiger charge is -2.23. The van der Waals surface area contributed by atoms with Crippen LogP contribution in [0.5, 0.6) is 0 Å². The maximum absolute atomic E-state index is 2.79. The van der Waals surface area contributed by atoms with Crippen molar-refractivity contribution in [3.05, 3.63) is 0 Å². The summed E-state index contributed by atoms with van der Waals surface area (Å²) in [5, 5.41) is 0. The summed E-state index contributed by atoms with van der Waals surface area (Å²) in [6.07, 6.45) is 12.1. The molecule has 114 valence electrons. The molecule has 0 amide bonds. The van der Waals surface area contributed by atoms with E-state index in [1.807, 2.05) is 0 Å². The lowest BCUT2D eigenvalue weighted by Crippen LogP contribution is -2.33. The fraction of sp³-hybridized carbons (Fsp3) is 1.00. The maximum Gasteiger partial charge on any atom is 0.0110 e. The average molecular weight is 276 g/mol. The first-order chi connectivity index (χ1) is 9.88. The minimum atomic E-state index is 1.06. The Morgan fingerprint density at radius 2 is 0.800 bits per heavy atom. The molecule has 4 fully saturated rings. The van der Waals surface area contributed by atoms with Crippen LogP contribution in [0.25, 0.3) is 0 Å². The molecule has 0 aromatic rings. The third-order valence-corrected chi connectivity index (χ3v) is 6.84. The van der Waals surface area contributed by atoms with Gasteiger partial charge in [-0.05, 0) is 49.4 Å². The largest absolute Gasteiger partial charge is 0.301 e. The van der Waals surface area contributed by atoms with Gasteiger partial charge < -0.3 is 9.80 Å². The van der Waals surface area contributed by atoms with Crippen LogP contribution in [-0.4, -0.2) is 49.1 Å². The van der Waals surface area contributed by atoms with Crippen molar-refractivity contribution in [2.45, 2.75) is 51.4 Å². The number of fused-ring (bicyclic) bond motifs is 2. The summed E-state index contributed by atoms with van der Waals surface area (Å²) in [5.41, 5.74) is 0. The molecule has 0 aromatic carbocycles. The zero-order valence-electron chi connectivity index (χ0n) is 13.1. The van der Waals surface area contributed by atoms with Crippen molar-refractivity contribution in [3.63, 3.8) is 0 Å². The predicted molar refractivity (Wildman–Crippen MR) is 83.8 cm³/mol. The van der Waals surface area contributed by atoms with Crippen molar-refractivity contribution in [1.29, 1.82) is 0 Å². The lowest BCUT2D eigenvalue weighted by atomic mass is 9.82. The molecule has 4 rings (SSSR count). The Kier molecular flexibility index (Phi) is 4.05. The molecule has 0 N–H and O–H groups in total. The first-order valence-electron chi connectivity index (χ1n) is 9.33. The summed E-state index contributed by atoms with van der Waals surface area (Å²) in [6, 6.07) is 0. The van der Waals surface area contributed by atoms with Gasteiger partial charge in [-0.2, -0.15) is 0 Å². The highest BCUT2D eigenvalue weighted by Gasteiger charge is 2.36. The topological polar surface area (TPSA) is 6.48 Å². The highest BCUT2D eigenvalue weighted by molar-refractivity contribution is 4.89. The van der Waals surface area contributed by atoms with Gasteiger partial charge in [-0.1, -0.05) is 25.7 Å². The van der Waals surface area contributed by atoms with Crippen molar-refractivity contribution >= 4 is 0 Å². The standard InChI is InChI=1S/C18H32N2/c1-2-6-16-12-19(11-15(16)5-1)9-10-20-13-17-7-3-4-8-18(17)14-20/h15-18H,1-14H2. The molecular weight excluding hydrogens is 244 g/mol. The second-order valence-corrected chi connectivity index (χ2v) is 8.13. The van der Waals surface area contributed by atoms with Gasteiger partial charge in [0, 0.05) is 39.3 Å². The van der Waals surface area contributed by atoms with Crippen LogP contribution in [0.3, 0.4) is 0 Å². The lowest BCUT2D eigenvalue weighted by molar-refractivity contribution is 0.243. The van der Waals surface area contributed by atoms with E-state index in [1.54, 1.807) is 0 Å². The summed E-state index contributed by atoms with van der Waals surface area (Å²) in [5.74, 6) is 4.24. The van der Waals surface area contributed by atoms with E-state index in [1.165, 1.54) is 90.6 Å². The van der Waals surface area contributed by atoms with Crippen molar-refractivity contribution in [1.82, 2.24) is 9.80 Å². The fourth-order valence-electron chi connectivity index (χ4n) is 5.65. The van der Waals surface area contributed by atoms with Crippen molar-refractivity contribution < 1.29 is 0 Å². The minimum absolute atomic E-state index is 1.06. The van der Waals surface area contributed by atoms with Gasteiger partial charge in [-0.15, -0.1) is 0 Å². The molecule has 2 saturated carbocycles. The fourth-order valence-corrected chi connectivity index (χ4v) is 5.65. The number of likely N-dealkylation sites (tertiary alicyclic amines) is 2. The Bertz CT molecular complexity index is 269. The Morgan fingerprint density at radius 1 is 0.500 bits per heavy atom. The first kappa shape index (κ1) is 13.6. The second-order valence-electron chi connectivity index (χ2n) is 8.13. The van der Waals surface area contributed by atoms with Crippen molar-refractivity contribution in [2.24, 2.45) is 23.7 Å². The molecule has 2 heterocycles. The van der Waals surface area contributed by atoms with Gasteiger partial charge in [0.05, 0.1) is 0 Å². The van der Waals surface area contributed by atoms with E-state index in [0.29, 0.717) is 0 Å². The number of rotatable bonds is 3. The van der Waals surface area contributed by atoms with E-state index in [4.69, 9.17) is 0 Å². The molecule has 0 spiro atoms. The van der Waals surface area contributed by atoms with E-state index in [0.717, 1.165) is 23.7 Å². The molecular formula is C18H32N2. The van der Waals surface area contributed by atoms with Gasteiger partial charge >= 0.3 is 0 Å². The normalized spacial score (nSPS) is 42.6. The molecule has 0 radical (unpaired) electrons. The molecule has 0 aromatic heterocycles. The van der Waals surface area contributed by atoms with Gasteiger partial charge in [0.1, 0.15) is 0 Å². The zero-order valence-corrected chi connectivity index (χ0v) is 13.1. The third-order valence-electron chi connectivity index (χ3n) is 6.84. The van der Waals surface area contributed by atoms with Crippen LogP contribution in [0.2, 0.25) is 0 Å². The molecule has 2 aliphatic heterocycles. The van der Waals surface area contributed by atoms with Gasteiger partial charge in [0.15, 0.2) is 0 Å². The number of hydrogen-bond donors (Lipinski definition) is 0. The van der Waals surface area contributed by atoms with E-state index in [-0.39, 0.29) is 0 Å². The molecule has 4 unspecified atom stereocenters. The SMILES string of the molecule is C1CCC2CN(CCN3CC4CCCCC4C3)CC2C1. The molecule has 4 atom stereocenters. The molecule has 4 aliphatic rings. The van der Waals surface area contributed by atoms with Crippen LogP contribution in [-0.2, 0) is 0 Å². The summed E-state index contributed by atoms with van der Waals surface area (Å²) >= 11 is 0. The Hall–Kier alpha value is -0.0800. The Balaban J connectivity index is 1.23. The first-order valence-corrected chi connectivity index (χ1v) is 9.33. The molecule has 2 aliphatic carbocycles. The van der Waals surface area contributed by atoms with E-state index in [2.05, 4.69) is 9.80 Å². The predicted octanol–water partition coefficient (Wildman–Crippen LogP) is 3.23. The minimum Gasteiger partial charge on any atom is -0.301 e. The smallest absolute Gasteiger partial charge is 0.0110 e. The maximum atomic E-state index is 2.79. The molecule has 2 nitrogen and oxygen atoms in total. The monoisotopic (exact) mass is 276 g/mol. The number of hydrogen-bond acceptors (Lipinski definition) is 2. The summed E-state index contributed by atoms with van der Waals surface area (Å²) in [4.78, 5) is 5.59. The van der Waals surface area contributed by atoms with Gasteiger partial charge in [0.25, 0.3) is 0 Å². The van der Waals surface area contributed by atoms with Crippen LogP contribution >= 0.6 is 0 Å². The van der Waals surface area contributed by atoms with Crippen LogP contribution in [0, 0.1) is 23.7 Å². The van der Waals surface area contributed by atoms with Crippen molar-refractivity contribution in [3.8, 4) is 0 Å². The van der Waals surface area contributed by atoms with E-state index in [9.17, 15) is 0 Å². The van der Waals surface area contributed by atoms with E-state index >= 15 is 0 Å². The second kappa shape index (κ2) is 5.96. The van der Waals surface area contributed by atoms with Crippen molar-refractivity contribution in [2.75, 3.05) is 39.3 Å². The molecule has 2 heteroatoms. The number of nitrogens with zero attached hydrogens (tertiary/aromatic N) is 2. The van der Waals surface area contributed by atoms with Crippen LogP contribution in [0.4, 0.5) is 0 Å². The summed E-state index contributed by atoms with van der Waals surface area (Å²) in [6.45, 7) is 8.40. The van der Waals surface area contributed by atoms with Gasteiger partial charge in [0.2, 0.25) is 0 Å². The van der Waals surface area contributed by atoms with E-state index < -0.39 is 0 Å². The highest BCUT2D eigenvalue weighted by atomic mass is 15.2.